The molecule has 2 aromatic rings. The van der Waals surface area contributed by atoms with Crippen LogP contribution in [-0.2, 0) is 19.6 Å². The van der Waals surface area contributed by atoms with E-state index in [4.69, 9.17) is 0 Å². The van der Waals surface area contributed by atoms with E-state index in [0.29, 0.717) is 6.54 Å². The Morgan fingerprint density at radius 1 is 1.14 bits per heavy atom. The SMILES string of the molecule is Cc1cccc(C(=O)NCc2ccc3c(c2)CNC3)c1C.Cl. The molecule has 0 saturated heterocycles. The van der Waals surface area contributed by atoms with E-state index >= 15 is 0 Å². The van der Waals surface area contributed by atoms with Gasteiger partial charge in [-0.3, -0.25) is 4.79 Å². The lowest BCUT2D eigenvalue weighted by Crippen LogP contribution is -2.23. The van der Waals surface area contributed by atoms with E-state index < -0.39 is 0 Å². The number of carbonyl (C=O) groups is 1. The Labute approximate surface area is 137 Å². The molecule has 1 aliphatic heterocycles. The van der Waals surface area contributed by atoms with E-state index in [0.717, 1.165) is 35.3 Å². The summed E-state index contributed by atoms with van der Waals surface area (Å²) in [5.74, 6) is -0.00479. The Kier molecular flexibility index (Phi) is 5.22. The number of rotatable bonds is 3. The molecule has 0 bridgehead atoms. The highest BCUT2D eigenvalue weighted by atomic mass is 35.5. The van der Waals surface area contributed by atoms with Gasteiger partial charge in [-0.05, 0) is 47.7 Å². The third-order valence-electron chi connectivity index (χ3n) is 4.20. The zero-order valence-electron chi connectivity index (χ0n) is 12.9. The average molecular weight is 317 g/mol. The van der Waals surface area contributed by atoms with Gasteiger partial charge in [-0.2, -0.15) is 0 Å². The third-order valence-corrected chi connectivity index (χ3v) is 4.20. The number of aryl methyl sites for hydroxylation is 1. The number of hydrogen-bond donors (Lipinski definition) is 2. The quantitative estimate of drug-likeness (QED) is 0.912. The summed E-state index contributed by atoms with van der Waals surface area (Å²) in [7, 11) is 0. The number of halogens is 1. The second-order valence-electron chi connectivity index (χ2n) is 5.64. The summed E-state index contributed by atoms with van der Waals surface area (Å²) < 4.78 is 0. The van der Waals surface area contributed by atoms with E-state index in [1.165, 1.54) is 11.1 Å². The molecule has 0 radical (unpaired) electrons. The number of fused-ring (bicyclic) bond motifs is 1. The van der Waals surface area contributed by atoms with E-state index in [2.05, 4.69) is 28.8 Å². The van der Waals surface area contributed by atoms with Gasteiger partial charge in [-0.25, -0.2) is 0 Å². The summed E-state index contributed by atoms with van der Waals surface area (Å²) in [6.07, 6.45) is 0. The van der Waals surface area contributed by atoms with Gasteiger partial charge < -0.3 is 10.6 Å². The van der Waals surface area contributed by atoms with Crippen molar-refractivity contribution in [3.63, 3.8) is 0 Å². The first-order valence-electron chi connectivity index (χ1n) is 7.31. The molecule has 0 aliphatic carbocycles. The van der Waals surface area contributed by atoms with E-state index in [-0.39, 0.29) is 18.3 Å². The van der Waals surface area contributed by atoms with Crippen molar-refractivity contribution in [2.45, 2.75) is 33.5 Å². The van der Waals surface area contributed by atoms with Crippen molar-refractivity contribution in [2.24, 2.45) is 0 Å². The van der Waals surface area contributed by atoms with Crippen LogP contribution in [0.2, 0.25) is 0 Å². The lowest BCUT2D eigenvalue weighted by atomic mass is 10.0. The van der Waals surface area contributed by atoms with Crippen molar-refractivity contribution < 1.29 is 4.79 Å². The molecule has 1 aliphatic rings. The lowest BCUT2D eigenvalue weighted by molar-refractivity contribution is 0.0950. The molecule has 0 unspecified atom stereocenters. The number of benzene rings is 2. The molecule has 0 saturated carbocycles. The fourth-order valence-corrected chi connectivity index (χ4v) is 2.73. The van der Waals surface area contributed by atoms with Crippen LogP contribution in [0.1, 0.15) is 38.2 Å². The summed E-state index contributed by atoms with van der Waals surface area (Å²) in [6.45, 7) is 6.46. The van der Waals surface area contributed by atoms with Gasteiger partial charge in [0.05, 0.1) is 0 Å². The highest BCUT2D eigenvalue weighted by molar-refractivity contribution is 5.95. The van der Waals surface area contributed by atoms with Crippen LogP contribution < -0.4 is 10.6 Å². The maximum Gasteiger partial charge on any atom is 0.251 e. The molecule has 2 N–H and O–H groups in total. The van der Waals surface area contributed by atoms with Gasteiger partial charge in [0.15, 0.2) is 0 Å². The Bertz CT molecular complexity index is 697. The molecule has 3 nitrogen and oxygen atoms in total. The summed E-state index contributed by atoms with van der Waals surface area (Å²) in [6, 6.07) is 12.3. The number of amides is 1. The van der Waals surface area contributed by atoms with Crippen LogP contribution in [0.5, 0.6) is 0 Å². The lowest BCUT2D eigenvalue weighted by Gasteiger charge is -2.10. The zero-order valence-corrected chi connectivity index (χ0v) is 13.7. The van der Waals surface area contributed by atoms with Crippen LogP contribution >= 0.6 is 12.4 Å². The van der Waals surface area contributed by atoms with E-state index in [1.54, 1.807) is 0 Å². The van der Waals surface area contributed by atoms with Crippen LogP contribution in [0.25, 0.3) is 0 Å². The molecule has 1 amide bonds. The topological polar surface area (TPSA) is 41.1 Å². The minimum atomic E-state index is -0.00479. The van der Waals surface area contributed by atoms with Gasteiger partial charge >= 0.3 is 0 Å². The third kappa shape index (κ3) is 3.32. The molecule has 0 aromatic heterocycles. The summed E-state index contributed by atoms with van der Waals surface area (Å²) >= 11 is 0. The number of hydrogen-bond acceptors (Lipinski definition) is 2. The van der Waals surface area contributed by atoms with Gasteiger partial charge in [0.1, 0.15) is 0 Å². The van der Waals surface area contributed by atoms with Crippen LogP contribution in [0.3, 0.4) is 0 Å². The molecule has 3 rings (SSSR count). The highest BCUT2D eigenvalue weighted by Crippen LogP contribution is 2.17. The van der Waals surface area contributed by atoms with Gasteiger partial charge in [0.2, 0.25) is 0 Å². The van der Waals surface area contributed by atoms with Crippen LogP contribution in [-0.4, -0.2) is 5.91 Å². The average Bonchev–Trinajstić information content (AvgIpc) is 2.95. The molecule has 0 atom stereocenters. The molecule has 1 heterocycles. The Hall–Kier alpha value is -1.84. The first kappa shape index (κ1) is 16.5. The fourth-order valence-electron chi connectivity index (χ4n) is 2.73. The Morgan fingerprint density at radius 3 is 2.73 bits per heavy atom. The summed E-state index contributed by atoms with van der Waals surface area (Å²) in [4.78, 5) is 12.3. The second-order valence-corrected chi connectivity index (χ2v) is 5.64. The van der Waals surface area contributed by atoms with E-state index in [1.807, 2.05) is 32.0 Å². The molecular weight excluding hydrogens is 296 g/mol. The standard InChI is InChI=1S/C18H20N2O.ClH/c1-12-4-3-5-17(13(12)2)18(21)20-9-14-6-7-15-10-19-11-16(15)8-14;/h3-8,19H,9-11H2,1-2H3,(H,20,21);1H. The molecule has 0 spiro atoms. The van der Waals surface area contributed by atoms with Gasteiger partial charge in [-0.1, -0.05) is 30.3 Å². The maximum absolute atomic E-state index is 12.3. The first-order valence-corrected chi connectivity index (χ1v) is 7.31. The van der Waals surface area contributed by atoms with Gasteiger partial charge in [-0.15, -0.1) is 12.4 Å². The Balaban J connectivity index is 0.00000176. The predicted molar refractivity (Wildman–Crippen MR) is 91.3 cm³/mol. The van der Waals surface area contributed by atoms with Crippen LogP contribution in [0.15, 0.2) is 36.4 Å². The molecule has 4 heteroatoms. The molecule has 2 aromatic carbocycles. The van der Waals surface area contributed by atoms with Gasteiger partial charge in [0.25, 0.3) is 5.91 Å². The van der Waals surface area contributed by atoms with Crippen molar-refractivity contribution in [2.75, 3.05) is 0 Å². The molecular formula is C18H21ClN2O. The zero-order chi connectivity index (χ0) is 14.8. The van der Waals surface area contributed by atoms with Gasteiger partial charge in [0, 0.05) is 25.2 Å². The molecule has 116 valence electrons. The van der Waals surface area contributed by atoms with Crippen molar-refractivity contribution in [3.8, 4) is 0 Å². The largest absolute Gasteiger partial charge is 0.348 e. The smallest absolute Gasteiger partial charge is 0.251 e. The molecule has 22 heavy (non-hydrogen) atoms. The van der Waals surface area contributed by atoms with E-state index in [9.17, 15) is 4.79 Å². The van der Waals surface area contributed by atoms with Crippen molar-refractivity contribution in [3.05, 3.63) is 69.8 Å². The van der Waals surface area contributed by atoms with Crippen molar-refractivity contribution in [1.82, 2.24) is 10.6 Å². The monoisotopic (exact) mass is 316 g/mol. The maximum atomic E-state index is 12.3. The highest BCUT2D eigenvalue weighted by Gasteiger charge is 2.12. The van der Waals surface area contributed by atoms with Crippen molar-refractivity contribution >= 4 is 18.3 Å². The Morgan fingerprint density at radius 2 is 1.91 bits per heavy atom. The fraction of sp³-hybridized carbons (Fsp3) is 0.278. The second kappa shape index (κ2) is 6.95. The minimum Gasteiger partial charge on any atom is -0.348 e. The predicted octanol–water partition coefficient (Wildman–Crippen LogP) is 3.26. The van der Waals surface area contributed by atoms with Crippen LogP contribution in [0, 0.1) is 13.8 Å². The number of carbonyl (C=O) groups excluding carboxylic acids is 1. The van der Waals surface area contributed by atoms with Crippen LogP contribution in [0.4, 0.5) is 0 Å². The normalized spacial score (nSPS) is 12.5. The summed E-state index contributed by atoms with van der Waals surface area (Å²) in [5, 5.41) is 6.35. The minimum absolute atomic E-state index is 0. The van der Waals surface area contributed by atoms with Crippen molar-refractivity contribution in [1.29, 1.82) is 0 Å². The first-order chi connectivity index (χ1) is 10.1. The number of nitrogens with one attached hydrogen (secondary N) is 2. The molecule has 0 fully saturated rings. The summed E-state index contributed by atoms with van der Waals surface area (Å²) in [5.41, 5.74) is 6.81.